The molecule has 0 saturated carbocycles. The van der Waals surface area contributed by atoms with E-state index >= 15 is 0 Å². The van der Waals surface area contributed by atoms with Crippen LogP contribution < -0.4 is 0 Å². The minimum Gasteiger partial charge on any atom is -0.505 e. The number of hydrogen-bond donors (Lipinski definition) is 2. The van der Waals surface area contributed by atoms with Crippen molar-refractivity contribution in [3.8, 4) is 17.6 Å². The molecular formula is C10H7FO3. The Labute approximate surface area is 79.8 Å². The lowest BCUT2D eigenvalue weighted by molar-refractivity contribution is -0.135. The van der Waals surface area contributed by atoms with Crippen molar-refractivity contribution in [2.75, 3.05) is 0 Å². The van der Waals surface area contributed by atoms with E-state index in [1.165, 1.54) is 6.07 Å². The third kappa shape index (κ3) is 2.79. The fourth-order valence-electron chi connectivity index (χ4n) is 0.812. The van der Waals surface area contributed by atoms with Crippen LogP contribution in [0.1, 0.15) is 12.0 Å². The molecule has 72 valence electrons. The van der Waals surface area contributed by atoms with Crippen LogP contribution >= 0.6 is 0 Å². The average Bonchev–Trinajstić information content (AvgIpc) is 2.10. The van der Waals surface area contributed by atoms with E-state index in [4.69, 9.17) is 10.2 Å². The van der Waals surface area contributed by atoms with E-state index in [0.717, 1.165) is 12.1 Å². The average molecular weight is 194 g/mol. The Hall–Kier alpha value is -2.02. The monoisotopic (exact) mass is 194 g/mol. The zero-order valence-electron chi connectivity index (χ0n) is 7.12. The standard InChI is InChI=1S/C10H7FO3/c11-8-5-4-7(6-9(8)12)2-1-3-10(13)14/h4-6,12H,3H2,(H,13,14). The molecule has 0 spiro atoms. The highest BCUT2D eigenvalue weighted by Gasteiger charge is 1.98. The summed E-state index contributed by atoms with van der Waals surface area (Å²) in [6.45, 7) is 0. The summed E-state index contributed by atoms with van der Waals surface area (Å²) in [5, 5.41) is 17.2. The summed E-state index contributed by atoms with van der Waals surface area (Å²) >= 11 is 0. The van der Waals surface area contributed by atoms with Crippen LogP contribution in [0.5, 0.6) is 5.75 Å². The van der Waals surface area contributed by atoms with Gasteiger partial charge in [0.1, 0.15) is 6.42 Å². The molecule has 1 aromatic carbocycles. The highest BCUT2D eigenvalue weighted by atomic mass is 19.1. The molecule has 0 aliphatic heterocycles. The van der Waals surface area contributed by atoms with Gasteiger partial charge in [0.15, 0.2) is 11.6 Å². The molecule has 0 heterocycles. The van der Waals surface area contributed by atoms with Crippen molar-refractivity contribution in [3.05, 3.63) is 29.6 Å². The molecule has 0 atom stereocenters. The number of carboxylic acid groups (broad SMARTS) is 1. The predicted molar refractivity (Wildman–Crippen MR) is 47.2 cm³/mol. The van der Waals surface area contributed by atoms with Crippen molar-refractivity contribution >= 4 is 5.97 Å². The Morgan fingerprint density at radius 2 is 2.21 bits per heavy atom. The van der Waals surface area contributed by atoms with Gasteiger partial charge in [-0.05, 0) is 18.2 Å². The number of halogens is 1. The van der Waals surface area contributed by atoms with Crippen LogP contribution in [0.2, 0.25) is 0 Å². The Morgan fingerprint density at radius 3 is 2.79 bits per heavy atom. The van der Waals surface area contributed by atoms with Crippen molar-refractivity contribution < 1.29 is 19.4 Å². The number of phenols is 1. The number of carboxylic acids is 1. The molecule has 0 radical (unpaired) electrons. The van der Waals surface area contributed by atoms with Crippen LogP contribution in [-0.4, -0.2) is 16.2 Å². The van der Waals surface area contributed by atoms with Gasteiger partial charge in [-0.3, -0.25) is 4.79 Å². The molecule has 0 aromatic heterocycles. The first-order valence-corrected chi connectivity index (χ1v) is 3.79. The minimum atomic E-state index is -1.02. The maximum atomic E-state index is 12.6. The summed E-state index contributed by atoms with van der Waals surface area (Å²) < 4.78 is 12.6. The number of aliphatic carboxylic acids is 1. The third-order valence-corrected chi connectivity index (χ3v) is 1.42. The summed E-state index contributed by atoms with van der Waals surface area (Å²) in [5.41, 5.74) is 0.380. The normalized spacial score (nSPS) is 8.93. The number of phenolic OH excluding ortho intramolecular Hbond substituents is 1. The SMILES string of the molecule is O=C(O)CC#Cc1ccc(F)c(O)c1. The second-order valence-corrected chi connectivity index (χ2v) is 2.54. The van der Waals surface area contributed by atoms with Crippen LogP contribution in [0.3, 0.4) is 0 Å². The van der Waals surface area contributed by atoms with E-state index in [1.54, 1.807) is 0 Å². The zero-order chi connectivity index (χ0) is 10.6. The Bertz CT molecular complexity index is 415. The molecule has 1 rings (SSSR count). The van der Waals surface area contributed by atoms with Crippen LogP contribution in [0.4, 0.5) is 4.39 Å². The Morgan fingerprint density at radius 1 is 1.50 bits per heavy atom. The third-order valence-electron chi connectivity index (χ3n) is 1.42. The second kappa shape index (κ2) is 4.28. The maximum Gasteiger partial charge on any atom is 0.315 e. The second-order valence-electron chi connectivity index (χ2n) is 2.54. The molecule has 0 aliphatic rings. The van der Waals surface area contributed by atoms with Gasteiger partial charge in [0.2, 0.25) is 0 Å². The molecular weight excluding hydrogens is 187 g/mol. The van der Waals surface area contributed by atoms with E-state index in [9.17, 15) is 9.18 Å². The van der Waals surface area contributed by atoms with Gasteiger partial charge in [0, 0.05) is 5.56 Å². The molecule has 0 fully saturated rings. The molecule has 0 aliphatic carbocycles. The molecule has 4 heteroatoms. The van der Waals surface area contributed by atoms with Gasteiger partial charge in [-0.2, -0.15) is 0 Å². The summed E-state index contributed by atoms with van der Waals surface area (Å²) in [6, 6.07) is 3.58. The van der Waals surface area contributed by atoms with Crippen molar-refractivity contribution in [1.82, 2.24) is 0 Å². The van der Waals surface area contributed by atoms with Gasteiger partial charge in [0.25, 0.3) is 0 Å². The van der Waals surface area contributed by atoms with Crippen LogP contribution in [0, 0.1) is 17.7 Å². The molecule has 0 bridgehead atoms. The minimum absolute atomic E-state index is 0.280. The van der Waals surface area contributed by atoms with Crippen molar-refractivity contribution in [2.45, 2.75) is 6.42 Å². The summed E-state index contributed by atoms with van der Waals surface area (Å²) in [4.78, 5) is 10.1. The number of carbonyl (C=O) groups is 1. The van der Waals surface area contributed by atoms with Crippen molar-refractivity contribution in [2.24, 2.45) is 0 Å². The topological polar surface area (TPSA) is 57.5 Å². The molecule has 3 nitrogen and oxygen atoms in total. The van der Waals surface area contributed by atoms with E-state index < -0.39 is 17.5 Å². The quantitative estimate of drug-likeness (QED) is 0.663. The van der Waals surface area contributed by atoms with Gasteiger partial charge >= 0.3 is 5.97 Å². The first kappa shape index (κ1) is 10.1. The Balaban J connectivity index is 2.81. The largest absolute Gasteiger partial charge is 0.505 e. The molecule has 0 amide bonds. The first-order chi connectivity index (χ1) is 6.59. The summed E-state index contributed by atoms with van der Waals surface area (Å²) in [7, 11) is 0. The predicted octanol–water partition coefficient (Wildman–Crippen LogP) is 1.36. The number of rotatable bonds is 1. The van der Waals surface area contributed by atoms with E-state index in [0.29, 0.717) is 5.56 Å². The Kier molecular flexibility index (Phi) is 3.08. The fourth-order valence-corrected chi connectivity index (χ4v) is 0.812. The van der Waals surface area contributed by atoms with Crippen molar-refractivity contribution in [1.29, 1.82) is 0 Å². The number of hydrogen-bond acceptors (Lipinski definition) is 2. The van der Waals surface area contributed by atoms with Gasteiger partial charge in [0.05, 0.1) is 0 Å². The lowest BCUT2D eigenvalue weighted by Crippen LogP contribution is -1.90. The van der Waals surface area contributed by atoms with Gasteiger partial charge in [-0.25, -0.2) is 4.39 Å². The smallest absolute Gasteiger partial charge is 0.315 e. The highest BCUT2D eigenvalue weighted by Crippen LogP contribution is 2.15. The molecule has 2 N–H and O–H groups in total. The summed E-state index contributed by atoms with van der Waals surface area (Å²) in [5.74, 6) is 2.61. The van der Waals surface area contributed by atoms with Crippen molar-refractivity contribution in [3.63, 3.8) is 0 Å². The lowest BCUT2D eigenvalue weighted by atomic mass is 10.2. The molecule has 0 saturated heterocycles. The van der Waals surface area contributed by atoms with E-state index in [2.05, 4.69) is 11.8 Å². The van der Waals surface area contributed by atoms with Crippen LogP contribution in [0.15, 0.2) is 18.2 Å². The number of benzene rings is 1. The van der Waals surface area contributed by atoms with Gasteiger partial charge in [-0.15, -0.1) is 0 Å². The molecule has 0 unspecified atom stereocenters. The fraction of sp³-hybridized carbons (Fsp3) is 0.100. The maximum absolute atomic E-state index is 12.6. The first-order valence-electron chi connectivity index (χ1n) is 3.79. The van der Waals surface area contributed by atoms with Gasteiger partial charge < -0.3 is 10.2 Å². The molecule has 14 heavy (non-hydrogen) atoms. The summed E-state index contributed by atoms with van der Waals surface area (Å²) in [6.07, 6.45) is -0.280. The van der Waals surface area contributed by atoms with Gasteiger partial charge in [-0.1, -0.05) is 11.8 Å². The zero-order valence-corrected chi connectivity index (χ0v) is 7.12. The van der Waals surface area contributed by atoms with E-state index in [1.807, 2.05) is 0 Å². The molecule has 1 aromatic rings. The van der Waals surface area contributed by atoms with Crippen LogP contribution in [-0.2, 0) is 4.79 Å². The number of aromatic hydroxyl groups is 1. The highest BCUT2D eigenvalue weighted by molar-refractivity contribution is 5.70. The lowest BCUT2D eigenvalue weighted by Gasteiger charge is -1.94. The van der Waals surface area contributed by atoms with E-state index in [-0.39, 0.29) is 6.42 Å². The van der Waals surface area contributed by atoms with Crippen LogP contribution in [0.25, 0.3) is 0 Å².